The summed E-state index contributed by atoms with van der Waals surface area (Å²) < 4.78 is 14.1. The van der Waals surface area contributed by atoms with Gasteiger partial charge >= 0.3 is 0 Å². The molecule has 0 radical (unpaired) electrons. The van der Waals surface area contributed by atoms with Crippen molar-refractivity contribution in [1.29, 1.82) is 0 Å². The second-order valence-electron chi connectivity index (χ2n) is 8.48. The molecular weight excluding hydrogens is 501 g/mol. The molecule has 1 atom stereocenters. The number of thioether (sulfide) groups is 1. The summed E-state index contributed by atoms with van der Waals surface area (Å²) in [6, 6.07) is 17.5. The first-order valence-corrected chi connectivity index (χ1v) is 13.1. The van der Waals surface area contributed by atoms with E-state index in [0.717, 1.165) is 12.0 Å². The molecule has 0 spiro atoms. The fourth-order valence-electron chi connectivity index (χ4n) is 4.04. The van der Waals surface area contributed by atoms with Gasteiger partial charge in [0.15, 0.2) is 5.16 Å². The molecule has 1 aromatic heterocycles. The lowest BCUT2D eigenvalue weighted by Crippen LogP contribution is -2.54. The van der Waals surface area contributed by atoms with Crippen molar-refractivity contribution >= 4 is 41.0 Å². The largest absolute Gasteiger partial charge is 0.355 e. The molecule has 1 fully saturated rings. The molecule has 1 aliphatic rings. The van der Waals surface area contributed by atoms with Gasteiger partial charge in [0.25, 0.3) is 5.91 Å². The number of hydrogen-bond donors (Lipinski definition) is 1. The highest BCUT2D eigenvalue weighted by Gasteiger charge is 2.30. The molecule has 2 heterocycles. The zero-order valence-corrected chi connectivity index (χ0v) is 21.4. The quantitative estimate of drug-likeness (QED) is 0.270. The van der Waals surface area contributed by atoms with Crippen LogP contribution in [-0.2, 0) is 11.2 Å². The first-order chi connectivity index (χ1) is 17.4. The van der Waals surface area contributed by atoms with Crippen LogP contribution in [0.15, 0.2) is 65.8 Å². The van der Waals surface area contributed by atoms with Gasteiger partial charge in [-0.25, -0.2) is 14.4 Å². The maximum atomic E-state index is 14.1. The Morgan fingerprint density at radius 3 is 2.61 bits per heavy atom. The highest BCUT2D eigenvalue weighted by molar-refractivity contribution is 7.99. The van der Waals surface area contributed by atoms with Gasteiger partial charge in [-0.05, 0) is 31.0 Å². The van der Waals surface area contributed by atoms with Crippen LogP contribution in [0.3, 0.4) is 0 Å². The molecule has 7 nitrogen and oxygen atoms in total. The van der Waals surface area contributed by atoms with Crippen molar-refractivity contribution in [3.8, 4) is 0 Å². The Kier molecular flexibility index (Phi) is 8.77. The maximum absolute atomic E-state index is 14.1. The predicted molar refractivity (Wildman–Crippen MR) is 140 cm³/mol. The van der Waals surface area contributed by atoms with Gasteiger partial charge in [0, 0.05) is 38.3 Å². The number of carbonyl (C=O) groups is 2. The van der Waals surface area contributed by atoms with Gasteiger partial charge in [-0.3, -0.25) is 9.59 Å². The standard InChI is InChI=1S/C26H27ClFN5O2S/c1-18-16-32(13-14-33(18)25(35)20-9-5-6-10-21(20)28)23-15-22(27)30-26(31-23)36-17-24(34)29-12-11-19-7-3-2-4-8-19/h2-10,15,18H,11-14,16-17H2,1H3,(H,29,34). The molecule has 1 aliphatic heterocycles. The van der Waals surface area contributed by atoms with Gasteiger partial charge in [0.05, 0.1) is 11.3 Å². The summed E-state index contributed by atoms with van der Waals surface area (Å²) in [5.74, 6) is -0.140. The summed E-state index contributed by atoms with van der Waals surface area (Å²) in [5.41, 5.74) is 1.24. The monoisotopic (exact) mass is 527 g/mol. The minimum Gasteiger partial charge on any atom is -0.355 e. The summed E-state index contributed by atoms with van der Waals surface area (Å²) in [6.45, 7) is 3.92. The Morgan fingerprint density at radius 2 is 1.86 bits per heavy atom. The van der Waals surface area contributed by atoms with E-state index in [-0.39, 0.29) is 34.3 Å². The Balaban J connectivity index is 1.31. The van der Waals surface area contributed by atoms with Gasteiger partial charge in [0.2, 0.25) is 5.91 Å². The molecule has 36 heavy (non-hydrogen) atoms. The van der Waals surface area contributed by atoms with Crippen molar-refractivity contribution < 1.29 is 14.0 Å². The third-order valence-corrected chi connectivity index (χ3v) is 6.93. The molecule has 2 amide bonds. The van der Waals surface area contributed by atoms with Gasteiger partial charge in [-0.1, -0.05) is 65.8 Å². The summed E-state index contributed by atoms with van der Waals surface area (Å²) in [6.07, 6.45) is 0.763. The third-order valence-electron chi connectivity index (χ3n) is 5.89. The Hall–Kier alpha value is -3.17. The van der Waals surface area contributed by atoms with Crippen molar-refractivity contribution in [2.24, 2.45) is 0 Å². The Morgan fingerprint density at radius 1 is 1.11 bits per heavy atom. The van der Waals surface area contributed by atoms with Crippen LogP contribution in [0.2, 0.25) is 5.15 Å². The lowest BCUT2D eigenvalue weighted by atomic mass is 10.1. The molecule has 0 saturated carbocycles. The van der Waals surface area contributed by atoms with Crippen LogP contribution in [0.25, 0.3) is 0 Å². The molecule has 2 aromatic carbocycles. The average Bonchev–Trinajstić information content (AvgIpc) is 2.88. The van der Waals surface area contributed by atoms with E-state index in [4.69, 9.17) is 11.6 Å². The first-order valence-electron chi connectivity index (χ1n) is 11.7. The van der Waals surface area contributed by atoms with Crippen molar-refractivity contribution in [2.45, 2.75) is 24.5 Å². The van der Waals surface area contributed by atoms with E-state index in [0.29, 0.717) is 37.2 Å². The minimum atomic E-state index is -0.523. The number of hydrogen-bond acceptors (Lipinski definition) is 6. The summed E-state index contributed by atoms with van der Waals surface area (Å²) in [4.78, 5) is 37.7. The van der Waals surface area contributed by atoms with Crippen molar-refractivity contribution in [2.75, 3.05) is 36.8 Å². The van der Waals surface area contributed by atoms with Crippen LogP contribution in [0.1, 0.15) is 22.8 Å². The van der Waals surface area contributed by atoms with E-state index >= 15 is 0 Å². The van der Waals surface area contributed by atoms with Crippen LogP contribution in [0, 0.1) is 5.82 Å². The molecule has 188 valence electrons. The molecule has 1 saturated heterocycles. The number of nitrogens with one attached hydrogen (secondary N) is 1. The number of aromatic nitrogens is 2. The number of nitrogens with zero attached hydrogens (tertiary/aromatic N) is 4. The zero-order valence-electron chi connectivity index (χ0n) is 19.9. The Bertz CT molecular complexity index is 1220. The number of carbonyl (C=O) groups excluding carboxylic acids is 2. The number of anilines is 1. The minimum absolute atomic E-state index is 0.0728. The average molecular weight is 528 g/mol. The van der Waals surface area contributed by atoms with Crippen molar-refractivity contribution in [3.63, 3.8) is 0 Å². The third kappa shape index (κ3) is 6.73. The fourth-order valence-corrected chi connectivity index (χ4v) is 4.95. The van der Waals surface area contributed by atoms with Gasteiger partial charge < -0.3 is 15.1 Å². The molecule has 0 bridgehead atoms. The lowest BCUT2D eigenvalue weighted by Gasteiger charge is -2.40. The smallest absolute Gasteiger partial charge is 0.257 e. The van der Waals surface area contributed by atoms with Gasteiger partial charge in [-0.15, -0.1) is 0 Å². The molecular formula is C26H27ClFN5O2S. The van der Waals surface area contributed by atoms with Crippen molar-refractivity contribution in [1.82, 2.24) is 20.2 Å². The molecule has 10 heteroatoms. The number of amides is 2. The van der Waals surface area contributed by atoms with E-state index in [9.17, 15) is 14.0 Å². The first kappa shape index (κ1) is 25.9. The number of rotatable bonds is 8. The van der Waals surface area contributed by atoms with E-state index in [1.54, 1.807) is 23.1 Å². The van der Waals surface area contributed by atoms with Crippen LogP contribution >= 0.6 is 23.4 Å². The summed E-state index contributed by atoms with van der Waals surface area (Å²) in [5, 5.41) is 3.60. The molecule has 1 N–H and O–H groups in total. The van der Waals surface area contributed by atoms with E-state index in [1.807, 2.05) is 42.2 Å². The molecule has 3 aromatic rings. The predicted octanol–water partition coefficient (Wildman–Crippen LogP) is 4.07. The van der Waals surface area contributed by atoms with Crippen LogP contribution < -0.4 is 10.2 Å². The van der Waals surface area contributed by atoms with E-state index in [1.165, 1.54) is 23.9 Å². The molecule has 4 rings (SSSR count). The topological polar surface area (TPSA) is 78.4 Å². The highest BCUT2D eigenvalue weighted by Crippen LogP contribution is 2.25. The van der Waals surface area contributed by atoms with Crippen LogP contribution in [0.5, 0.6) is 0 Å². The fraction of sp³-hybridized carbons (Fsp3) is 0.308. The Labute approximate surface area is 219 Å². The lowest BCUT2D eigenvalue weighted by molar-refractivity contribution is -0.118. The highest BCUT2D eigenvalue weighted by atomic mass is 35.5. The summed E-state index contributed by atoms with van der Waals surface area (Å²) >= 11 is 7.47. The van der Waals surface area contributed by atoms with Gasteiger partial charge in [-0.2, -0.15) is 0 Å². The number of benzene rings is 2. The maximum Gasteiger partial charge on any atom is 0.257 e. The second kappa shape index (κ2) is 12.2. The summed E-state index contributed by atoms with van der Waals surface area (Å²) in [7, 11) is 0. The van der Waals surface area contributed by atoms with E-state index in [2.05, 4.69) is 15.3 Å². The normalized spacial score (nSPS) is 15.6. The molecule has 0 aliphatic carbocycles. The molecule has 1 unspecified atom stereocenters. The van der Waals surface area contributed by atoms with Crippen LogP contribution in [0.4, 0.5) is 10.2 Å². The SMILES string of the molecule is CC1CN(c2cc(Cl)nc(SCC(=O)NCCc3ccccc3)n2)CCN1C(=O)c1ccccc1F. The van der Waals surface area contributed by atoms with Crippen LogP contribution in [-0.4, -0.2) is 64.7 Å². The number of piperazine rings is 1. The number of halogens is 2. The van der Waals surface area contributed by atoms with Crippen molar-refractivity contribution in [3.05, 3.63) is 82.8 Å². The zero-order chi connectivity index (χ0) is 25.5. The second-order valence-corrected chi connectivity index (χ2v) is 9.81. The van der Waals surface area contributed by atoms with Gasteiger partial charge in [0.1, 0.15) is 16.8 Å². The van der Waals surface area contributed by atoms with E-state index < -0.39 is 5.82 Å².